The van der Waals surface area contributed by atoms with Crippen LogP contribution in [0.1, 0.15) is 19.4 Å². The van der Waals surface area contributed by atoms with Crippen molar-refractivity contribution in [2.45, 2.75) is 19.4 Å². The van der Waals surface area contributed by atoms with Crippen LogP contribution in [0.3, 0.4) is 0 Å². The summed E-state index contributed by atoms with van der Waals surface area (Å²) in [5.41, 5.74) is 6.77. The number of anilines is 1. The molecule has 0 atom stereocenters. The minimum Gasteiger partial charge on any atom is -0.379 e. The van der Waals surface area contributed by atoms with Gasteiger partial charge in [-0.25, -0.2) is 0 Å². The molecule has 1 aromatic carbocycles. The highest BCUT2D eigenvalue weighted by Crippen LogP contribution is 2.22. The zero-order valence-corrected chi connectivity index (χ0v) is 9.60. The van der Waals surface area contributed by atoms with E-state index in [9.17, 15) is 0 Å². The Bertz CT molecular complexity index is 393. The molecule has 0 aliphatic heterocycles. The molecular formula is C11H14ClN3. The molecule has 0 amide bonds. The van der Waals surface area contributed by atoms with Crippen molar-refractivity contribution in [3.63, 3.8) is 0 Å². The van der Waals surface area contributed by atoms with Crippen LogP contribution in [0.5, 0.6) is 0 Å². The quantitative estimate of drug-likeness (QED) is 0.827. The molecule has 0 unspecified atom stereocenters. The average Bonchev–Trinajstić information content (AvgIpc) is 2.17. The molecule has 1 rings (SSSR count). The Balaban J connectivity index is 2.90. The first kappa shape index (κ1) is 11.8. The van der Waals surface area contributed by atoms with Crippen LogP contribution < -0.4 is 11.1 Å². The van der Waals surface area contributed by atoms with Gasteiger partial charge in [-0.2, -0.15) is 5.26 Å². The molecule has 0 saturated heterocycles. The van der Waals surface area contributed by atoms with E-state index in [1.165, 1.54) is 0 Å². The maximum atomic E-state index is 8.71. The number of hydrogen-bond acceptors (Lipinski definition) is 3. The van der Waals surface area contributed by atoms with Gasteiger partial charge < -0.3 is 11.1 Å². The summed E-state index contributed by atoms with van der Waals surface area (Å²) in [7, 11) is 0. The second-order valence-electron chi connectivity index (χ2n) is 4.02. The van der Waals surface area contributed by atoms with Crippen molar-refractivity contribution in [1.29, 1.82) is 5.26 Å². The van der Waals surface area contributed by atoms with Crippen LogP contribution in [0.25, 0.3) is 0 Å². The van der Waals surface area contributed by atoms with Gasteiger partial charge >= 0.3 is 0 Å². The van der Waals surface area contributed by atoms with Gasteiger partial charge in [0.25, 0.3) is 0 Å². The van der Waals surface area contributed by atoms with Gasteiger partial charge in [0.2, 0.25) is 0 Å². The fraction of sp³-hybridized carbons (Fsp3) is 0.364. The predicted octanol–water partition coefficient (Wildman–Crippen LogP) is 2.36. The lowest BCUT2D eigenvalue weighted by Gasteiger charge is -2.25. The number of halogens is 1. The van der Waals surface area contributed by atoms with Crippen LogP contribution in [0.4, 0.5) is 5.69 Å². The van der Waals surface area contributed by atoms with E-state index in [1.54, 1.807) is 12.1 Å². The van der Waals surface area contributed by atoms with Crippen LogP contribution >= 0.6 is 11.6 Å². The molecule has 3 N–H and O–H groups in total. The number of rotatable bonds is 3. The largest absolute Gasteiger partial charge is 0.379 e. The summed E-state index contributed by atoms with van der Waals surface area (Å²) in [5.74, 6) is 0. The van der Waals surface area contributed by atoms with E-state index in [2.05, 4.69) is 5.32 Å². The minimum absolute atomic E-state index is 0.183. The Morgan fingerprint density at radius 1 is 1.53 bits per heavy atom. The van der Waals surface area contributed by atoms with Crippen LogP contribution in [0.2, 0.25) is 5.02 Å². The van der Waals surface area contributed by atoms with Gasteiger partial charge in [-0.3, -0.25) is 0 Å². The summed E-state index contributed by atoms with van der Waals surface area (Å²) in [6.45, 7) is 4.52. The fourth-order valence-corrected chi connectivity index (χ4v) is 1.35. The third-order valence-corrected chi connectivity index (χ3v) is 2.40. The van der Waals surface area contributed by atoms with Gasteiger partial charge in [-0.15, -0.1) is 0 Å². The van der Waals surface area contributed by atoms with E-state index in [0.717, 1.165) is 5.69 Å². The van der Waals surface area contributed by atoms with Crippen molar-refractivity contribution in [3.8, 4) is 6.07 Å². The van der Waals surface area contributed by atoms with E-state index in [4.69, 9.17) is 22.6 Å². The van der Waals surface area contributed by atoms with Gasteiger partial charge in [0.1, 0.15) is 6.07 Å². The summed E-state index contributed by atoms with van der Waals surface area (Å²) in [6.07, 6.45) is 0. The first-order valence-electron chi connectivity index (χ1n) is 4.66. The number of benzene rings is 1. The lowest BCUT2D eigenvalue weighted by atomic mass is 10.1. The second-order valence-corrected chi connectivity index (χ2v) is 4.43. The average molecular weight is 224 g/mol. The number of nitriles is 1. The van der Waals surface area contributed by atoms with Gasteiger partial charge in [0, 0.05) is 17.8 Å². The normalized spacial score (nSPS) is 10.9. The number of nitrogens with zero attached hydrogens (tertiary/aromatic N) is 1. The zero-order valence-electron chi connectivity index (χ0n) is 8.84. The monoisotopic (exact) mass is 223 g/mol. The first-order chi connectivity index (χ1) is 6.98. The molecule has 1 aromatic rings. The number of nitrogens with one attached hydrogen (secondary N) is 1. The summed E-state index contributed by atoms with van der Waals surface area (Å²) in [5, 5.41) is 12.4. The highest BCUT2D eigenvalue weighted by Gasteiger charge is 2.14. The van der Waals surface area contributed by atoms with Crippen molar-refractivity contribution >= 4 is 17.3 Å². The second kappa shape index (κ2) is 4.52. The van der Waals surface area contributed by atoms with Gasteiger partial charge in [-0.1, -0.05) is 11.6 Å². The molecule has 0 fully saturated rings. The van der Waals surface area contributed by atoms with E-state index in [1.807, 2.05) is 26.0 Å². The summed E-state index contributed by atoms with van der Waals surface area (Å²) >= 11 is 5.91. The maximum absolute atomic E-state index is 8.71. The Morgan fingerprint density at radius 3 is 2.67 bits per heavy atom. The molecule has 0 bridgehead atoms. The molecule has 0 aliphatic carbocycles. The van der Waals surface area contributed by atoms with Crippen molar-refractivity contribution in [2.24, 2.45) is 5.73 Å². The lowest BCUT2D eigenvalue weighted by molar-refractivity contribution is 0.580. The van der Waals surface area contributed by atoms with Crippen LogP contribution in [-0.4, -0.2) is 12.1 Å². The Morgan fingerprint density at radius 2 is 2.20 bits per heavy atom. The SMILES string of the molecule is CC(C)(CN)Nc1ccc(C#N)c(Cl)c1. The predicted molar refractivity (Wildman–Crippen MR) is 62.9 cm³/mol. The van der Waals surface area contributed by atoms with E-state index < -0.39 is 0 Å². The molecule has 0 spiro atoms. The number of nitrogens with two attached hydrogens (primary N) is 1. The van der Waals surface area contributed by atoms with Crippen LogP contribution in [-0.2, 0) is 0 Å². The van der Waals surface area contributed by atoms with E-state index in [-0.39, 0.29) is 5.54 Å². The standard InChI is InChI=1S/C11H14ClN3/c1-11(2,7-14)15-9-4-3-8(6-13)10(12)5-9/h3-5,15H,7,14H2,1-2H3. The van der Waals surface area contributed by atoms with Crippen LogP contribution in [0.15, 0.2) is 18.2 Å². The smallest absolute Gasteiger partial charge is 0.101 e. The van der Waals surface area contributed by atoms with Crippen molar-refractivity contribution in [2.75, 3.05) is 11.9 Å². The molecule has 15 heavy (non-hydrogen) atoms. The molecule has 3 nitrogen and oxygen atoms in total. The summed E-state index contributed by atoms with van der Waals surface area (Å²) in [4.78, 5) is 0. The van der Waals surface area contributed by atoms with Crippen molar-refractivity contribution in [1.82, 2.24) is 0 Å². The molecule has 0 saturated carbocycles. The zero-order chi connectivity index (χ0) is 11.5. The molecular weight excluding hydrogens is 210 g/mol. The molecule has 0 radical (unpaired) electrons. The fourth-order valence-electron chi connectivity index (χ4n) is 1.13. The first-order valence-corrected chi connectivity index (χ1v) is 5.04. The Labute approximate surface area is 94.8 Å². The van der Waals surface area contributed by atoms with E-state index in [0.29, 0.717) is 17.1 Å². The maximum Gasteiger partial charge on any atom is 0.101 e. The van der Waals surface area contributed by atoms with E-state index >= 15 is 0 Å². The summed E-state index contributed by atoms with van der Waals surface area (Å²) in [6, 6.07) is 7.26. The molecule has 0 aliphatic rings. The molecule has 80 valence electrons. The molecule has 4 heteroatoms. The molecule has 0 heterocycles. The van der Waals surface area contributed by atoms with Crippen molar-refractivity contribution < 1.29 is 0 Å². The van der Waals surface area contributed by atoms with Gasteiger partial charge in [-0.05, 0) is 32.0 Å². The van der Waals surface area contributed by atoms with Crippen LogP contribution in [0, 0.1) is 11.3 Å². The third kappa shape index (κ3) is 3.12. The lowest BCUT2D eigenvalue weighted by Crippen LogP contribution is -2.39. The van der Waals surface area contributed by atoms with Crippen molar-refractivity contribution in [3.05, 3.63) is 28.8 Å². The van der Waals surface area contributed by atoms with Gasteiger partial charge in [0.15, 0.2) is 0 Å². The molecule has 0 aromatic heterocycles. The topological polar surface area (TPSA) is 61.8 Å². The highest BCUT2D eigenvalue weighted by atomic mass is 35.5. The van der Waals surface area contributed by atoms with Gasteiger partial charge in [0.05, 0.1) is 10.6 Å². The number of hydrogen-bond donors (Lipinski definition) is 2. The Kier molecular flexibility index (Phi) is 3.57. The summed E-state index contributed by atoms with van der Waals surface area (Å²) < 4.78 is 0. The minimum atomic E-state index is -0.183. The highest BCUT2D eigenvalue weighted by molar-refractivity contribution is 6.32. The third-order valence-electron chi connectivity index (χ3n) is 2.08. The Hall–Kier alpha value is -1.24.